The van der Waals surface area contributed by atoms with Crippen LogP contribution in [0.1, 0.15) is 21.9 Å². The van der Waals surface area contributed by atoms with E-state index in [4.69, 9.17) is 11.6 Å². The molecule has 0 aliphatic heterocycles. The zero-order chi connectivity index (χ0) is 20.7. The second-order valence-corrected chi connectivity index (χ2v) is 6.08. The van der Waals surface area contributed by atoms with Crippen molar-refractivity contribution in [3.8, 4) is 5.75 Å². The lowest BCUT2D eigenvalue weighted by Gasteiger charge is -2.10. The maximum absolute atomic E-state index is 13.6. The van der Waals surface area contributed by atoms with Crippen LogP contribution in [0.25, 0.3) is 5.65 Å². The van der Waals surface area contributed by atoms with Crippen molar-refractivity contribution in [2.75, 3.05) is 5.32 Å². The van der Waals surface area contributed by atoms with Gasteiger partial charge < -0.3 is 10.1 Å². The Morgan fingerprint density at radius 2 is 1.79 bits per heavy atom. The monoisotopic (exact) mass is 420 g/mol. The van der Waals surface area contributed by atoms with Crippen LogP contribution in [0.15, 0.2) is 36.4 Å². The number of fused-ring (bicyclic) bond motifs is 1. The number of carbonyl (C=O) groups excluding carboxylic acids is 1. The normalized spacial score (nSPS) is 12.2. The number of ether oxygens (including phenoxy) is 1. The fourth-order valence-electron chi connectivity index (χ4n) is 2.35. The molecule has 0 unspecified atom stereocenters. The van der Waals surface area contributed by atoms with Crippen LogP contribution in [0.5, 0.6) is 5.75 Å². The van der Waals surface area contributed by atoms with Gasteiger partial charge in [0.05, 0.1) is 0 Å². The van der Waals surface area contributed by atoms with Gasteiger partial charge >= 0.3 is 11.7 Å². The van der Waals surface area contributed by atoms with E-state index < -0.39 is 29.1 Å². The van der Waals surface area contributed by atoms with Crippen molar-refractivity contribution in [2.24, 2.45) is 0 Å². The first kappa shape index (κ1) is 19.8. The van der Waals surface area contributed by atoms with Crippen molar-refractivity contribution < 1.29 is 31.5 Å². The van der Waals surface area contributed by atoms with E-state index in [1.807, 2.05) is 0 Å². The van der Waals surface area contributed by atoms with E-state index in [2.05, 4.69) is 20.1 Å². The Morgan fingerprint density at radius 3 is 2.36 bits per heavy atom. The van der Waals surface area contributed by atoms with Crippen LogP contribution in [-0.2, 0) is 5.38 Å². The molecule has 3 aromatic rings. The number of carbonyl (C=O) groups is 1. The summed E-state index contributed by atoms with van der Waals surface area (Å²) in [4.78, 5) is 16.3. The van der Waals surface area contributed by atoms with Crippen molar-refractivity contribution in [3.05, 3.63) is 53.5 Å². The van der Waals surface area contributed by atoms with Gasteiger partial charge in [-0.2, -0.15) is 13.9 Å². The largest absolute Gasteiger partial charge is 0.573 e. The van der Waals surface area contributed by atoms with Crippen molar-refractivity contribution in [1.82, 2.24) is 14.6 Å². The third-order valence-electron chi connectivity index (χ3n) is 3.42. The van der Waals surface area contributed by atoms with Gasteiger partial charge in [0, 0.05) is 17.4 Å². The predicted molar refractivity (Wildman–Crippen MR) is 88.5 cm³/mol. The van der Waals surface area contributed by atoms with Gasteiger partial charge in [0.25, 0.3) is 5.91 Å². The molecular weight excluding hydrogens is 411 g/mol. The Kier molecular flexibility index (Phi) is 4.88. The number of halogens is 6. The SMILES string of the molecule is Cc1cc(C(F)(F)Cl)n2nc(C(=O)Nc3ccc(OC(F)(F)F)cc3)cc2n1. The van der Waals surface area contributed by atoms with Crippen LogP contribution in [0.3, 0.4) is 0 Å². The average molecular weight is 421 g/mol. The number of rotatable bonds is 4. The first-order chi connectivity index (χ1) is 12.9. The average Bonchev–Trinajstić information content (AvgIpc) is 2.97. The molecule has 2 aromatic heterocycles. The summed E-state index contributed by atoms with van der Waals surface area (Å²) in [5.41, 5.74) is -0.534. The van der Waals surface area contributed by atoms with Crippen molar-refractivity contribution in [3.63, 3.8) is 0 Å². The minimum atomic E-state index is -4.84. The Bertz CT molecular complexity index is 1030. The molecule has 0 fully saturated rings. The highest BCUT2D eigenvalue weighted by molar-refractivity contribution is 6.21. The quantitative estimate of drug-likeness (QED) is 0.499. The zero-order valence-electron chi connectivity index (χ0n) is 13.9. The fourth-order valence-corrected chi connectivity index (χ4v) is 2.48. The Labute approximate surface area is 158 Å². The molecule has 28 heavy (non-hydrogen) atoms. The van der Waals surface area contributed by atoms with Crippen LogP contribution < -0.4 is 10.1 Å². The summed E-state index contributed by atoms with van der Waals surface area (Å²) in [6.07, 6.45) is -4.84. The third kappa shape index (κ3) is 4.47. The zero-order valence-corrected chi connectivity index (χ0v) is 14.6. The summed E-state index contributed by atoms with van der Waals surface area (Å²) in [6, 6.07) is 6.57. The number of amides is 1. The second-order valence-electron chi connectivity index (χ2n) is 5.61. The van der Waals surface area contributed by atoms with E-state index in [1.165, 1.54) is 25.1 Å². The summed E-state index contributed by atoms with van der Waals surface area (Å²) < 4.78 is 68.0. The summed E-state index contributed by atoms with van der Waals surface area (Å²) >= 11 is 5.07. The summed E-state index contributed by atoms with van der Waals surface area (Å²) in [5.74, 6) is -1.25. The third-order valence-corrected chi connectivity index (χ3v) is 3.62. The van der Waals surface area contributed by atoms with Crippen molar-refractivity contribution >= 4 is 28.8 Å². The molecule has 3 rings (SSSR count). The van der Waals surface area contributed by atoms with E-state index in [9.17, 15) is 26.7 Å². The Balaban J connectivity index is 1.84. The van der Waals surface area contributed by atoms with Gasteiger partial charge in [0.2, 0.25) is 0 Å². The molecule has 0 aliphatic carbocycles. The van der Waals surface area contributed by atoms with E-state index in [0.29, 0.717) is 0 Å². The van der Waals surface area contributed by atoms with Crippen LogP contribution >= 0.6 is 11.6 Å². The molecular formula is C16H10ClF5N4O2. The molecule has 0 bridgehead atoms. The predicted octanol–water partition coefficient (Wildman–Crippen LogP) is 4.48. The number of benzene rings is 1. The standard InChI is InChI=1S/C16H10ClF5N4O2/c1-8-6-12(15(17,18)19)26-13(23-8)7-11(25-26)14(27)24-9-2-4-10(5-3-9)28-16(20,21)22/h2-7H,1H3,(H,24,27). The molecule has 0 saturated carbocycles. The lowest BCUT2D eigenvalue weighted by Crippen LogP contribution is -2.17. The van der Waals surface area contributed by atoms with Gasteiger partial charge in [-0.3, -0.25) is 4.79 Å². The molecule has 12 heteroatoms. The molecule has 0 spiro atoms. The first-order valence-electron chi connectivity index (χ1n) is 7.54. The highest BCUT2D eigenvalue weighted by Gasteiger charge is 2.33. The number of hydrogen-bond acceptors (Lipinski definition) is 4. The molecule has 0 radical (unpaired) electrons. The van der Waals surface area contributed by atoms with Gasteiger partial charge in [-0.1, -0.05) is 0 Å². The topological polar surface area (TPSA) is 68.5 Å². The highest BCUT2D eigenvalue weighted by atomic mass is 35.5. The van der Waals surface area contributed by atoms with Crippen LogP contribution in [0.4, 0.5) is 27.6 Å². The highest BCUT2D eigenvalue weighted by Crippen LogP contribution is 2.32. The molecule has 1 aromatic carbocycles. The number of nitrogens with zero attached hydrogens (tertiary/aromatic N) is 3. The van der Waals surface area contributed by atoms with Crippen LogP contribution in [0, 0.1) is 6.92 Å². The van der Waals surface area contributed by atoms with E-state index in [-0.39, 0.29) is 22.7 Å². The summed E-state index contributed by atoms with van der Waals surface area (Å²) in [5, 5.41) is 2.43. The molecule has 0 atom stereocenters. The lowest BCUT2D eigenvalue weighted by atomic mass is 10.3. The number of alkyl halides is 6. The van der Waals surface area contributed by atoms with Gasteiger partial charge in [-0.15, -0.1) is 13.2 Å². The van der Waals surface area contributed by atoms with Gasteiger partial charge in [0.15, 0.2) is 11.3 Å². The number of aromatic nitrogens is 3. The van der Waals surface area contributed by atoms with Crippen LogP contribution in [0.2, 0.25) is 0 Å². The number of nitrogens with one attached hydrogen (secondary N) is 1. The summed E-state index contributed by atoms with van der Waals surface area (Å²) in [6.45, 7) is 1.48. The van der Waals surface area contributed by atoms with E-state index in [0.717, 1.165) is 22.7 Å². The van der Waals surface area contributed by atoms with E-state index in [1.54, 1.807) is 0 Å². The van der Waals surface area contributed by atoms with Crippen molar-refractivity contribution in [1.29, 1.82) is 0 Å². The Hall–Kier alpha value is -2.95. The minimum Gasteiger partial charge on any atom is -0.406 e. The van der Waals surface area contributed by atoms with Gasteiger partial charge in [-0.25, -0.2) is 9.50 Å². The second kappa shape index (κ2) is 6.89. The molecule has 1 amide bonds. The van der Waals surface area contributed by atoms with E-state index >= 15 is 0 Å². The molecule has 2 heterocycles. The molecule has 0 saturated heterocycles. The number of aryl methyl sites for hydroxylation is 1. The lowest BCUT2D eigenvalue weighted by molar-refractivity contribution is -0.274. The fraction of sp³-hybridized carbons (Fsp3) is 0.188. The molecule has 6 nitrogen and oxygen atoms in total. The maximum atomic E-state index is 13.6. The summed E-state index contributed by atoms with van der Waals surface area (Å²) in [7, 11) is 0. The molecule has 148 valence electrons. The number of hydrogen-bond donors (Lipinski definition) is 1. The maximum Gasteiger partial charge on any atom is 0.573 e. The Morgan fingerprint density at radius 1 is 1.14 bits per heavy atom. The first-order valence-corrected chi connectivity index (χ1v) is 7.92. The van der Waals surface area contributed by atoms with Gasteiger partial charge in [0.1, 0.15) is 11.4 Å². The smallest absolute Gasteiger partial charge is 0.406 e. The molecule has 0 aliphatic rings. The molecule has 1 N–H and O–H groups in total. The van der Waals surface area contributed by atoms with Crippen LogP contribution in [-0.4, -0.2) is 26.9 Å². The van der Waals surface area contributed by atoms with Crippen molar-refractivity contribution in [2.45, 2.75) is 18.7 Å². The number of anilines is 1. The minimum absolute atomic E-state index is 0.0191. The van der Waals surface area contributed by atoms with Gasteiger partial charge in [-0.05, 0) is 48.9 Å².